The summed E-state index contributed by atoms with van der Waals surface area (Å²) in [5.74, 6) is -3.14. The van der Waals surface area contributed by atoms with Gasteiger partial charge in [-0.15, -0.1) is 0 Å². The number of hydrogen-bond acceptors (Lipinski definition) is 4. The van der Waals surface area contributed by atoms with Gasteiger partial charge in [-0.1, -0.05) is 48.5 Å². The van der Waals surface area contributed by atoms with Gasteiger partial charge in [0, 0.05) is 23.1 Å². The second kappa shape index (κ2) is 8.49. The van der Waals surface area contributed by atoms with Gasteiger partial charge in [0.15, 0.2) is 0 Å². The molecule has 7 heteroatoms. The van der Waals surface area contributed by atoms with Gasteiger partial charge < -0.3 is 10.4 Å². The Labute approximate surface area is 223 Å². The Morgan fingerprint density at radius 1 is 0.615 bits per heavy atom. The van der Waals surface area contributed by atoms with Crippen LogP contribution in [0, 0.1) is 11.8 Å². The molecule has 4 aromatic carbocycles. The first kappa shape index (κ1) is 23.1. The molecule has 2 atom stereocenters. The summed E-state index contributed by atoms with van der Waals surface area (Å²) in [4.78, 5) is 52.9. The van der Waals surface area contributed by atoms with Crippen LogP contribution >= 0.6 is 0 Å². The van der Waals surface area contributed by atoms with E-state index in [-0.39, 0.29) is 35.1 Å². The second-order valence-electron chi connectivity index (χ2n) is 10.2. The minimum atomic E-state index is -1.05. The molecule has 4 aromatic rings. The van der Waals surface area contributed by atoms with E-state index in [2.05, 4.69) is 29.6 Å². The third-order valence-electron chi connectivity index (χ3n) is 8.23. The first-order chi connectivity index (χ1) is 18.9. The molecule has 2 N–H and O–H groups in total. The number of imide groups is 1. The Bertz CT molecular complexity index is 1580. The Morgan fingerprint density at radius 2 is 1.05 bits per heavy atom. The Morgan fingerprint density at radius 3 is 1.49 bits per heavy atom. The fraction of sp³-hybridized carbons (Fsp3) is 0.125. The molecule has 0 aromatic heterocycles. The summed E-state index contributed by atoms with van der Waals surface area (Å²) in [6, 6.07) is 28.5. The summed E-state index contributed by atoms with van der Waals surface area (Å²) in [7, 11) is 0. The zero-order chi connectivity index (χ0) is 26.8. The van der Waals surface area contributed by atoms with Crippen LogP contribution in [0.4, 0.5) is 11.4 Å². The van der Waals surface area contributed by atoms with Gasteiger partial charge in [-0.3, -0.25) is 14.4 Å². The van der Waals surface area contributed by atoms with Crippen molar-refractivity contribution in [2.75, 3.05) is 10.2 Å². The van der Waals surface area contributed by atoms with E-state index in [1.165, 1.54) is 29.2 Å². The third-order valence-corrected chi connectivity index (χ3v) is 8.23. The number of carboxylic acid groups (broad SMARTS) is 1. The molecule has 1 heterocycles. The number of hydrogen-bond donors (Lipinski definition) is 2. The minimum absolute atomic E-state index is 0.123. The molecule has 1 fully saturated rings. The number of carbonyl (C=O) groups excluding carboxylic acids is 3. The SMILES string of the molecule is O=C(O)c1ccc(NC(=O)c2ccc(N3C(=O)[C@@H]4C5c6ccccc6C(c6ccccc65)[C@H]4C3=O)cc2)cc1. The molecule has 39 heavy (non-hydrogen) atoms. The lowest BCUT2D eigenvalue weighted by molar-refractivity contribution is -0.122. The standard InChI is InChI=1S/C32H22N2O5/c35-29(33-19-13-9-18(10-14-19)32(38)39)17-11-15-20(16-12-17)34-30(36)27-25-21-5-1-2-6-22(21)26(28(27)31(34)37)24-8-4-3-7-23(24)25/h1-16,25-28H,(H,33,35)(H,38,39)/t25?,26?,27-,28-/m1/s1. The highest BCUT2D eigenvalue weighted by molar-refractivity contribution is 6.23. The van der Waals surface area contributed by atoms with E-state index in [1.807, 2.05) is 24.3 Å². The first-order valence-electron chi connectivity index (χ1n) is 12.7. The van der Waals surface area contributed by atoms with Gasteiger partial charge in [0.05, 0.1) is 23.1 Å². The van der Waals surface area contributed by atoms with Crippen molar-refractivity contribution >= 4 is 35.1 Å². The molecule has 0 unspecified atom stereocenters. The van der Waals surface area contributed by atoms with Crippen LogP contribution in [0.25, 0.3) is 0 Å². The molecule has 0 saturated carbocycles. The molecular weight excluding hydrogens is 492 g/mol. The molecule has 190 valence electrons. The fourth-order valence-corrected chi connectivity index (χ4v) is 6.59. The number of carboxylic acids is 1. The van der Waals surface area contributed by atoms with Crippen molar-refractivity contribution < 1.29 is 24.3 Å². The molecule has 3 amide bonds. The van der Waals surface area contributed by atoms with Crippen LogP contribution in [0.5, 0.6) is 0 Å². The van der Waals surface area contributed by atoms with Crippen LogP contribution in [-0.2, 0) is 9.59 Å². The topological polar surface area (TPSA) is 104 Å². The van der Waals surface area contributed by atoms with Crippen molar-refractivity contribution in [2.45, 2.75) is 11.8 Å². The number of nitrogens with zero attached hydrogens (tertiary/aromatic N) is 1. The molecule has 4 aliphatic rings. The number of rotatable bonds is 4. The molecular formula is C32H22N2O5. The molecule has 1 aliphatic heterocycles. The molecule has 8 rings (SSSR count). The highest BCUT2D eigenvalue weighted by Gasteiger charge is 2.61. The van der Waals surface area contributed by atoms with E-state index < -0.39 is 17.8 Å². The molecule has 0 spiro atoms. The average molecular weight is 515 g/mol. The van der Waals surface area contributed by atoms with E-state index >= 15 is 0 Å². The van der Waals surface area contributed by atoms with Crippen LogP contribution in [0.15, 0.2) is 97.1 Å². The van der Waals surface area contributed by atoms with Gasteiger partial charge in [-0.05, 0) is 70.8 Å². The molecule has 7 nitrogen and oxygen atoms in total. The maximum Gasteiger partial charge on any atom is 0.335 e. The van der Waals surface area contributed by atoms with Gasteiger partial charge >= 0.3 is 5.97 Å². The normalized spacial score (nSPS) is 22.2. The quantitative estimate of drug-likeness (QED) is 0.372. The predicted molar refractivity (Wildman–Crippen MR) is 144 cm³/mol. The van der Waals surface area contributed by atoms with Crippen molar-refractivity contribution in [3.63, 3.8) is 0 Å². The van der Waals surface area contributed by atoms with E-state index in [0.717, 1.165) is 22.3 Å². The lowest BCUT2D eigenvalue weighted by Crippen LogP contribution is -2.41. The minimum Gasteiger partial charge on any atom is -0.478 e. The lowest BCUT2D eigenvalue weighted by Gasteiger charge is -2.45. The van der Waals surface area contributed by atoms with Crippen molar-refractivity contribution in [2.24, 2.45) is 11.8 Å². The smallest absolute Gasteiger partial charge is 0.335 e. The van der Waals surface area contributed by atoms with E-state index in [4.69, 9.17) is 5.11 Å². The summed E-state index contributed by atoms with van der Waals surface area (Å²) >= 11 is 0. The molecule has 1 saturated heterocycles. The second-order valence-corrected chi connectivity index (χ2v) is 10.2. The summed E-state index contributed by atoms with van der Waals surface area (Å²) in [6.07, 6.45) is 0. The van der Waals surface area contributed by atoms with Gasteiger partial charge in [0.1, 0.15) is 0 Å². The highest BCUT2D eigenvalue weighted by Crippen LogP contribution is 2.61. The summed E-state index contributed by atoms with van der Waals surface area (Å²) in [5, 5.41) is 11.8. The van der Waals surface area contributed by atoms with Crippen LogP contribution < -0.4 is 10.2 Å². The van der Waals surface area contributed by atoms with Gasteiger partial charge in [-0.2, -0.15) is 0 Å². The van der Waals surface area contributed by atoms with Crippen LogP contribution in [-0.4, -0.2) is 28.8 Å². The number of benzene rings is 4. The Balaban J connectivity index is 1.18. The van der Waals surface area contributed by atoms with Crippen LogP contribution in [0.2, 0.25) is 0 Å². The fourth-order valence-electron chi connectivity index (χ4n) is 6.59. The molecule has 2 bridgehead atoms. The summed E-state index contributed by atoms with van der Waals surface area (Å²) in [5.41, 5.74) is 5.84. The van der Waals surface area contributed by atoms with Crippen LogP contribution in [0.1, 0.15) is 54.8 Å². The summed E-state index contributed by atoms with van der Waals surface area (Å²) < 4.78 is 0. The third kappa shape index (κ3) is 3.36. The Kier molecular flexibility index (Phi) is 5.03. The van der Waals surface area contributed by atoms with Crippen molar-refractivity contribution in [3.8, 4) is 0 Å². The van der Waals surface area contributed by atoms with Gasteiger partial charge in [-0.25, -0.2) is 9.69 Å². The number of anilines is 2. The van der Waals surface area contributed by atoms with Gasteiger partial charge in [0.2, 0.25) is 11.8 Å². The number of aromatic carboxylic acids is 1. The number of amides is 3. The lowest BCUT2D eigenvalue weighted by atomic mass is 9.55. The number of carbonyl (C=O) groups is 4. The zero-order valence-corrected chi connectivity index (χ0v) is 20.6. The summed E-state index contributed by atoms with van der Waals surface area (Å²) in [6.45, 7) is 0. The molecule has 0 radical (unpaired) electrons. The zero-order valence-electron chi connectivity index (χ0n) is 20.6. The largest absolute Gasteiger partial charge is 0.478 e. The van der Waals surface area contributed by atoms with Crippen molar-refractivity contribution in [3.05, 3.63) is 130 Å². The highest BCUT2D eigenvalue weighted by atomic mass is 16.4. The van der Waals surface area contributed by atoms with Crippen molar-refractivity contribution in [1.29, 1.82) is 0 Å². The maximum atomic E-state index is 13.9. The Hall–Kier alpha value is -5.04. The van der Waals surface area contributed by atoms with Crippen molar-refractivity contribution in [1.82, 2.24) is 0 Å². The van der Waals surface area contributed by atoms with E-state index in [1.54, 1.807) is 24.3 Å². The first-order valence-corrected chi connectivity index (χ1v) is 12.7. The van der Waals surface area contributed by atoms with Crippen LogP contribution in [0.3, 0.4) is 0 Å². The average Bonchev–Trinajstić information content (AvgIpc) is 3.23. The maximum absolute atomic E-state index is 13.9. The number of nitrogens with one attached hydrogen (secondary N) is 1. The predicted octanol–water partition coefficient (Wildman–Crippen LogP) is 5.03. The van der Waals surface area contributed by atoms with E-state index in [9.17, 15) is 19.2 Å². The van der Waals surface area contributed by atoms with E-state index in [0.29, 0.717) is 16.9 Å². The van der Waals surface area contributed by atoms with Gasteiger partial charge in [0.25, 0.3) is 5.91 Å². The monoisotopic (exact) mass is 514 g/mol. The molecule has 3 aliphatic carbocycles.